The van der Waals surface area contributed by atoms with Gasteiger partial charge in [0.1, 0.15) is 0 Å². The number of hydrogen-bond donors (Lipinski definition) is 2. The first-order chi connectivity index (χ1) is 5.74. The van der Waals surface area contributed by atoms with Crippen molar-refractivity contribution in [3.63, 3.8) is 0 Å². The van der Waals surface area contributed by atoms with E-state index in [1.807, 2.05) is 14.0 Å². The molecule has 0 aliphatic rings. The number of nitrogens with one attached hydrogen (secondary N) is 2. The van der Waals surface area contributed by atoms with Crippen molar-refractivity contribution in [1.29, 1.82) is 0 Å². The summed E-state index contributed by atoms with van der Waals surface area (Å²) in [4.78, 5) is 0. The molecule has 4 heteroatoms. The summed E-state index contributed by atoms with van der Waals surface area (Å²) >= 11 is 0. The molecule has 1 rings (SSSR count). The van der Waals surface area contributed by atoms with Crippen molar-refractivity contribution in [1.82, 2.24) is 20.7 Å². The maximum absolute atomic E-state index is 4.00. The van der Waals surface area contributed by atoms with Gasteiger partial charge in [0.25, 0.3) is 0 Å². The van der Waals surface area contributed by atoms with Gasteiger partial charge in [0, 0.05) is 0 Å². The van der Waals surface area contributed by atoms with E-state index in [1.54, 1.807) is 6.20 Å². The Morgan fingerprint density at radius 3 is 3.00 bits per heavy atom. The van der Waals surface area contributed by atoms with Gasteiger partial charge in [0.2, 0.25) is 0 Å². The third-order valence-corrected chi connectivity index (χ3v) is 1.69. The van der Waals surface area contributed by atoms with Crippen LogP contribution in [0.2, 0.25) is 0 Å². The maximum Gasteiger partial charge on any atom is 0.0997 e. The average molecular weight is 166 g/mol. The largest absolute Gasteiger partial charge is 0.311 e. The molecule has 0 saturated carbocycles. The molecule has 0 amide bonds. The fourth-order valence-corrected chi connectivity index (χ4v) is 1.08. The molecule has 0 aliphatic heterocycles. The Bertz CT molecular complexity index is 240. The van der Waals surface area contributed by atoms with Gasteiger partial charge >= 0.3 is 0 Å². The monoisotopic (exact) mass is 166 g/mol. The molecule has 0 aliphatic carbocycles. The fourth-order valence-electron chi connectivity index (χ4n) is 1.08. The second-order valence-electron chi connectivity index (χ2n) is 2.90. The van der Waals surface area contributed by atoms with Crippen LogP contribution >= 0.6 is 0 Å². The first kappa shape index (κ1) is 8.93. The Kier molecular flexibility index (Phi) is 2.99. The van der Waals surface area contributed by atoms with Crippen LogP contribution in [-0.2, 0) is 0 Å². The summed E-state index contributed by atoms with van der Waals surface area (Å²) in [5, 5.41) is 13.5. The topological polar surface area (TPSA) is 53.6 Å². The van der Waals surface area contributed by atoms with Gasteiger partial charge in [0.05, 0.1) is 17.9 Å². The maximum atomic E-state index is 4.00. The summed E-state index contributed by atoms with van der Waals surface area (Å²) in [6, 6.07) is 0.223. The number of nitrogens with zero attached hydrogens (tertiary/aromatic N) is 2. The molecule has 0 spiro atoms. The lowest BCUT2D eigenvalue weighted by molar-refractivity contribution is 0.572. The highest BCUT2D eigenvalue weighted by Crippen LogP contribution is 2.15. The molecule has 0 saturated heterocycles. The third kappa shape index (κ3) is 2.17. The van der Waals surface area contributed by atoms with Crippen LogP contribution in [0.5, 0.6) is 0 Å². The van der Waals surface area contributed by atoms with Crippen molar-refractivity contribution in [2.24, 2.45) is 0 Å². The van der Waals surface area contributed by atoms with Gasteiger partial charge in [-0.1, -0.05) is 5.57 Å². The van der Waals surface area contributed by atoms with Crippen LogP contribution in [0.3, 0.4) is 0 Å². The zero-order valence-corrected chi connectivity index (χ0v) is 7.46. The molecule has 66 valence electrons. The average Bonchev–Trinajstić information content (AvgIpc) is 2.51. The SMILES string of the molecule is C=C(C)CC(NC)c1cn[nH]n1. The van der Waals surface area contributed by atoms with Gasteiger partial charge in [-0.15, -0.1) is 6.58 Å². The van der Waals surface area contributed by atoms with Crippen LogP contribution in [0.1, 0.15) is 25.1 Å². The highest BCUT2D eigenvalue weighted by Gasteiger charge is 2.10. The number of rotatable bonds is 4. The molecule has 0 bridgehead atoms. The van der Waals surface area contributed by atoms with Gasteiger partial charge in [-0.3, -0.25) is 0 Å². The lowest BCUT2D eigenvalue weighted by Crippen LogP contribution is -2.16. The molecule has 4 nitrogen and oxygen atoms in total. The highest BCUT2D eigenvalue weighted by atomic mass is 15.3. The van der Waals surface area contributed by atoms with Crippen molar-refractivity contribution in [3.8, 4) is 0 Å². The van der Waals surface area contributed by atoms with E-state index in [-0.39, 0.29) is 6.04 Å². The summed E-state index contributed by atoms with van der Waals surface area (Å²) in [5.41, 5.74) is 2.07. The third-order valence-electron chi connectivity index (χ3n) is 1.69. The van der Waals surface area contributed by atoms with Crippen molar-refractivity contribution < 1.29 is 0 Å². The first-order valence-corrected chi connectivity index (χ1v) is 3.91. The van der Waals surface area contributed by atoms with Crippen LogP contribution in [0.25, 0.3) is 0 Å². The lowest BCUT2D eigenvalue weighted by Gasteiger charge is -2.12. The highest BCUT2D eigenvalue weighted by molar-refractivity contribution is 5.05. The normalized spacial score (nSPS) is 12.8. The lowest BCUT2D eigenvalue weighted by atomic mass is 10.1. The van der Waals surface area contributed by atoms with E-state index < -0.39 is 0 Å². The van der Waals surface area contributed by atoms with Crippen molar-refractivity contribution in [3.05, 3.63) is 24.0 Å². The molecule has 2 N–H and O–H groups in total. The van der Waals surface area contributed by atoms with Crippen LogP contribution in [0, 0.1) is 0 Å². The van der Waals surface area contributed by atoms with Crippen LogP contribution in [-0.4, -0.2) is 22.5 Å². The zero-order valence-electron chi connectivity index (χ0n) is 7.46. The molecule has 1 aromatic rings. The zero-order chi connectivity index (χ0) is 8.97. The summed E-state index contributed by atoms with van der Waals surface area (Å²) in [6.07, 6.45) is 2.62. The van der Waals surface area contributed by atoms with E-state index >= 15 is 0 Å². The number of hydrogen-bond acceptors (Lipinski definition) is 3. The van der Waals surface area contributed by atoms with Gasteiger partial charge in [0.15, 0.2) is 0 Å². The molecular formula is C8H14N4. The number of aromatic nitrogens is 3. The molecule has 1 unspecified atom stereocenters. The summed E-state index contributed by atoms with van der Waals surface area (Å²) < 4.78 is 0. The van der Waals surface area contributed by atoms with Gasteiger partial charge in [-0.05, 0) is 20.4 Å². The van der Waals surface area contributed by atoms with Crippen LogP contribution < -0.4 is 5.32 Å². The molecule has 1 heterocycles. The van der Waals surface area contributed by atoms with E-state index in [2.05, 4.69) is 27.3 Å². The quantitative estimate of drug-likeness (QED) is 0.657. The molecule has 0 aromatic carbocycles. The molecule has 12 heavy (non-hydrogen) atoms. The van der Waals surface area contributed by atoms with E-state index in [9.17, 15) is 0 Å². The molecule has 1 atom stereocenters. The van der Waals surface area contributed by atoms with Gasteiger partial charge in [-0.2, -0.15) is 15.4 Å². The number of aromatic amines is 1. The Labute approximate surface area is 72.1 Å². The standard InChI is InChI=1S/C8H14N4/c1-6(2)4-7(9-3)8-5-10-12-11-8/h5,7,9H,1,4H2,2-3H3,(H,10,11,12). The Hall–Kier alpha value is -1.16. The summed E-state index contributed by atoms with van der Waals surface area (Å²) in [7, 11) is 1.91. The van der Waals surface area contributed by atoms with Crippen LogP contribution in [0.15, 0.2) is 18.3 Å². The van der Waals surface area contributed by atoms with Gasteiger partial charge in [-0.25, -0.2) is 0 Å². The minimum Gasteiger partial charge on any atom is -0.311 e. The molecule has 0 fully saturated rings. The van der Waals surface area contributed by atoms with Crippen LogP contribution in [0.4, 0.5) is 0 Å². The first-order valence-electron chi connectivity index (χ1n) is 3.91. The smallest absolute Gasteiger partial charge is 0.0997 e. The minimum atomic E-state index is 0.223. The van der Waals surface area contributed by atoms with Crippen molar-refractivity contribution in [2.75, 3.05) is 7.05 Å². The molecule has 1 aromatic heterocycles. The predicted molar refractivity (Wildman–Crippen MR) is 47.6 cm³/mol. The van der Waals surface area contributed by atoms with Gasteiger partial charge < -0.3 is 5.32 Å². The van der Waals surface area contributed by atoms with E-state index in [0.717, 1.165) is 17.7 Å². The Morgan fingerprint density at radius 1 is 1.83 bits per heavy atom. The Morgan fingerprint density at radius 2 is 2.58 bits per heavy atom. The molecule has 0 radical (unpaired) electrons. The predicted octanol–water partition coefficient (Wildman–Crippen LogP) is 1.03. The minimum absolute atomic E-state index is 0.223. The number of H-pyrrole nitrogens is 1. The summed E-state index contributed by atoms with van der Waals surface area (Å²) in [6.45, 7) is 5.86. The van der Waals surface area contributed by atoms with Crippen molar-refractivity contribution >= 4 is 0 Å². The second-order valence-corrected chi connectivity index (χ2v) is 2.90. The Balaban J connectivity index is 2.63. The fraction of sp³-hybridized carbons (Fsp3) is 0.500. The van der Waals surface area contributed by atoms with E-state index in [1.165, 1.54) is 0 Å². The second kappa shape index (κ2) is 4.01. The molecular weight excluding hydrogens is 152 g/mol. The van der Waals surface area contributed by atoms with E-state index in [4.69, 9.17) is 0 Å². The van der Waals surface area contributed by atoms with E-state index in [0.29, 0.717) is 0 Å². The summed E-state index contributed by atoms with van der Waals surface area (Å²) in [5.74, 6) is 0. The van der Waals surface area contributed by atoms with Crippen molar-refractivity contribution in [2.45, 2.75) is 19.4 Å².